The van der Waals surface area contributed by atoms with E-state index >= 15 is 0 Å². The maximum atomic E-state index is 12.6. The summed E-state index contributed by atoms with van der Waals surface area (Å²) in [4.78, 5) is 5.80. The summed E-state index contributed by atoms with van der Waals surface area (Å²) >= 11 is 0. The molecule has 0 radical (unpaired) electrons. The van der Waals surface area contributed by atoms with Crippen LogP contribution in [0.25, 0.3) is 11.1 Å². The Morgan fingerprint density at radius 3 is 2.50 bits per heavy atom. The minimum absolute atomic E-state index is 0.161. The van der Waals surface area contributed by atoms with Gasteiger partial charge in [0.15, 0.2) is 0 Å². The van der Waals surface area contributed by atoms with Crippen molar-refractivity contribution in [1.82, 2.24) is 4.98 Å². The van der Waals surface area contributed by atoms with E-state index in [1.807, 2.05) is 29.2 Å². The van der Waals surface area contributed by atoms with Gasteiger partial charge in [0.1, 0.15) is 6.10 Å². The van der Waals surface area contributed by atoms with E-state index in [0.717, 1.165) is 29.1 Å². The summed E-state index contributed by atoms with van der Waals surface area (Å²) < 4.78 is 59.6. The summed E-state index contributed by atoms with van der Waals surface area (Å²) in [6.07, 6.45) is -3.17. The molecule has 1 unspecified atom stereocenters. The zero-order valence-electron chi connectivity index (χ0n) is 16.9. The second kappa shape index (κ2) is 7.54. The van der Waals surface area contributed by atoms with Gasteiger partial charge >= 0.3 is 6.18 Å². The number of hydrogen-bond acceptors (Lipinski definition) is 3. The molecule has 28 heavy (non-hydrogen) atoms. The molecule has 1 atom stereocenters. The van der Waals surface area contributed by atoms with Crippen LogP contribution in [0.3, 0.4) is 0 Å². The molecule has 3 nitrogen and oxygen atoms in total. The van der Waals surface area contributed by atoms with Gasteiger partial charge in [-0.3, -0.25) is 0 Å². The molecule has 3 aromatic rings. The van der Waals surface area contributed by atoms with E-state index in [1.54, 1.807) is 18.2 Å². The minimum atomic E-state index is -4.42. The first-order valence-corrected chi connectivity index (χ1v) is 8.92. The van der Waals surface area contributed by atoms with E-state index in [9.17, 15) is 13.2 Å². The topological polar surface area (TPSA) is 25.4 Å². The minimum Gasteiger partial charge on any atom is -0.472 e. The lowest BCUT2D eigenvalue weighted by atomic mass is 10.1. The van der Waals surface area contributed by atoms with Gasteiger partial charge in [-0.1, -0.05) is 42.4 Å². The van der Waals surface area contributed by atoms with E-state index in [2.05, 4.69) is 4.98 Å². The van der Waals surface area contributed by atoms with Gasteiger partial charge in [0.2, 0.25) is 5.88 Å². The molecule has 1 fully saturated rings. The Morgan fingerprint density at radius 1 is 1.04 bits per heavy atom. The van der Waals surface area contributed by atoms with Gasteiger partial charge in [-0.25, -0.2) is 4.98 Å². The molecule has 6 heteroatoms. The molecule has 2 aromatic carbocycles. The van der Waals surface area contributed by atoms with Gasteiger partial charge in [0.25, 0.3) is 0 Å². The largest absolute Gasteiger partial charge is 0.472 e. The SMILES string of the molecule is [2H]c1ccc(-c2ccc(N3CCC(Oc4ccc(C(F)(F)F)cn4)C3)c([2H])c2)cc1. The number of aromatic nitrogens is 1. The zero-order chi connectivity index (χ0) is 21.3. The molecule has 4 rings (SSSR count). The standard InChI is InChI=1S/C22H19F3N2O/c23-22(24,25)18-8-11-21(26-14-18)28-20-12-13-27(15-20)19-9-6-17(7-10-19)16-4-2-1-3-5-16/h1-11,14,20H,12-13,15H2/i1D,9D. The van der Waals surface area contributed by atoms with Crippen molar-refractivity contribution < 1.29 is 20.6 Å². The molecule has 0 N–H and O–H groups in total. The first kappa shape index (κ1) is 16.0. The summed E-state index contributed by atoms with van der Waals surface area (Å²) in [6.45, 7) is 1.21. The Bertz CT molecular complexity index is 1020. The summed E-state index contributed by atoms with van der Waals surface area (Å²) in [5.74, 6) is 0.161. The van der Waals surface area contributed by atoms with E-state index in [-0.39, 0.29) is 12.0 Å². The van der Waals surface area contributed by atoms with Gasteiger partial charge in [-0.2, -0.15) is 13.2 Å². The average molecular weight is 386 g/mol. The monoisotopic (exact) mass is 386 g/mol. The van der Waals surface area contributed by atoms with Crippen LogP contribution < -0.4 is 9.64 Å². The quantitative estimate of drug-likeness (QED) is 0.598. The van der Waals surface area contributed by atoms with Crippen LogP contribution in [0, 0.1) is 0 Å². The van der Waals surface area contributed by atoms with Crippen molar-refractivity contribution in [2.45, 2.75) is 18.7 Å². The molecule has 0 saturated carbocycles. The van der Waals surface area contributed by atoms with Crippen LogP contribution in [-0.4, -0.2) is 24.2 Å². The maximum Gasteiger partial charge on any atom is 0.417 e. The van der Waals surface area contributed by atoms with Crippen molar-refractivity contribution in [1.29, 1.82) is 0 Å². The van der Waals surface area contributed by atoms with Crippen molar-refractivity contribution in [3.8, 4) is 17.0 Å². The normalized spacial score (nSPS) is 18.0. The predicted molar refractivity (Wildman–Crippen MR) is 102 cm³/mol. The van der Waals surface area contributed by atoms with Gasteiger partial charge in [0.05, 0.1) is 14.8 Å². The molecule has 144 valence electrons. The molecule has 1 saturated heterocycles. The van der Waals surface area contributed by atoms with Crippen molar-refractivity contribution in [2.75, 3.05) is 18.0 Å². The van der Waals surface area contributed by atoms with Crippen LogP contribution in [0.2, 0.25) is 0 Å². The number of hydrogen-bond donors (Lipinski definition) is 0. The molecular formula is C22H19F3N2O. The molecule has 1 aliphatic rings. The van der Waals surface area contributed by atoms with Crippen LogP contribution in [-0.2, 0) is 6.18 Å². The van der Waals surface area contributed by atoms with E-state index in [1.165, 1.54) is 6.07 Å². The highest BCUT2D eigenvalue weighted by Gasteiger charge is 2.31. The molecule has 1 aromatic heterocycles. The first-order chi connectivity index (χ1) is 14.3. The van der Waals surface area contributed by atoms with Crippen LogP contribution in [0.5, 0.6) is 5.88 Å². The summed E-state index contributed by atoms with van der Waals surface area (Å²) in [7, 11) is 0. The third kappa shape index (κ3) is 4.11. The maximum absolute atomic E-state index is 12.6. The van der Waals surface area contributed by atoms with E-state index in [4.69, 9.17) is 7.48 Å². The van der Waals surface area contributed by atoms with E-state index in [0.29, 0.717) is 31.6 Å². The van der Waals surface area contributed by atoms with Gasteiger partial charge < -0.3 is 9.64 Å². The number of ether oxygens (including phenoxy) is 1. The fourth-order valence-electron chi connectivity index (χ4n) is 3.20. The highest BCUT2D eigenvalue weighted by atomic mass is 19.4. The Kier molecular flexibility index (Phi) is 4.30. The third-order valence-electron chi connectivity index (χ3n) is 4.68. The fourth-order valence-corrected chi connectivity index (χ4v) is 3.20. The van der Waals surface area contributed by atoms with Gasteiger partial charge in [-0.05, 0) is 29.3 Å². The smallest absolute Gasteiger partial charge is 0.417 e. The van der Waals surface area contributed by atoms with Gasteiger partial charge in [-0.15, -0.1) is 0 Å². The first-order valence-electron chi connectivity index (χ1n) is 9.92. The lowest BCUT2D eigenvalue weighted by Gasteiger charge is -2.19. The fraction of sp³-hybridized carbons (Fsp3) is 0.227. The number of nitrogens with zero attached hydrogens (tertiary/aromatic N) is 2. The third-order valence-corrected chi connectivity index (χ3v) is 4.68. The molecule has 2 heterocycles. The number of pyridine rings is 1. The van der Waals surface area contributed by atoms with E-state index < -0.39 is 11.7 Å². The van der Waals surface area contributed by atoms with Crippen LogP contribution in [0.15, 0.2) is 72.9 Å². The summed E-state index contributed by atoms with van der Waals surface area (Å²) in [5.41, 5.74) is 1.83. The van der Waals surface area contributed by atoms with Crippen molar-refractivity contribution in [2.24, 2.45) is 0 Å². The number of benzene rings is 2. The number of rotatable bonds is 4. The van der Waals surface area contributed by atoms with Crippen molar-refractivity contribution >= 4 is 5.69 Å². The molecule has 1 aliphatic heterocycles. The molecule has 0 bridgehead atoms. The Hall–Kier alpha value is -3.02. The second-order valence-electron chi connectivity index (χ2n) is 6.61. The van der Waals surface area contributed by atoms with Gasteiger partial charge in [0, 0.05) is 30.9 Å². The van der Waals surface area contributed by atoms with Crippen LogP contribution in [0.4, 0.5) is 18.9 Å². The lowest BCUT2D eigenvalue weighted by Crippen LogP contribution is -2.24. The Balaban J connectivity index is 1.42. The van der Waals surface area contributed by atoms with Crippen molar-refractivity contribution in [3.63, 3.8) is 0 Å². The lowest BCUT2D eigenvalue weighted by molar-refractivity contribution is -0.137. The van der Waals surface area contributed by atoms with Crippen LogP contribution >= 0.6 is 0 Å². The predicted octanol–water partition coefficient (Wildman–Crippen LogP) is 5.43. The summed E-state index contributed by atoms with van der Waals surface area (Å²) in [5, 5.41) is 0. The zero-order valence-corrected chi connectivity index (χ0v) is 14.9. The molecule has 0 aliphatic carbocycles. The highest BCUT2D eigenvalue weighted by Crippen LogP contribution is 2.30. The van der Waals surface area contributed by atoms with Crippen molar-refractivity contribution in [3.05, 3.63) is 78.4 Å². The second-order valence-corrected chi connectivity index (χ2v) is 6.61. The number of anilines is 1. The Morgan fingerprint density at radius 2 is 1.82 bits per heavy atom. The number of halogens is 3. The van der Waals surface area contributed by atoms with Crippen LogP contribution in [0.1, 0.15) is 14.7 Å². The Labute approximate surface area is 164 Å². The highest BCUT2D eigenvalue weighted by molar-refractivity contribution is 5.66. The molecular weight excluding hydrogens is 365 g/mol. The average Bonchev–Trinajstić information content (AvgIpc) is 3.16. The molecule has 0 spiro atoms. The molecule has 0 amide bonds. The number of alkyl halides is 3. The summed E-state index contributed by atoms with van der Waals surface area (Å²) in [6, 6.07) is 15.8.